The molecule has 1 aromatic heterocycles. The summed E-state index contributed by atoms with van der Waals surface area (Å²) in [6, 6.07) is 9.36. The van der Waals surface area contributed by atoms with Gasteiger partial charge in [0.05, 0.1) is 10.6 Å². The van der Waals surface area contributed by atoms with E-state index in [0.29, 0.717) is 10.8 Å². The first-order valence-corrected chi connectivity index (χ1v) is 8.50. The SMILES string of the molecule is CCc1ccc(/C(C)=N/NC(=O)COc2ccc(Cl)cc2C)s1. The number of hydrogen-bond acceptors (Lipinski definition) is 4. The van der Waals surface area contributed by atoms with Crippen LogP contribution in [0, 0.1) is 6.92 Å². The van der Waals surface area contributed by atoms with Gasteiger partial charge in [0.15, 0.2) is 6.61 Å². The Morgan fingerprint density at radius 3 is 2.78 bits per heavy atom. The van der Waals surface area contributed by atoms with Crippen molar-refractivity contribution >= 4 is 34.6 Å². The molecule has 6 heteroatoms. The molecule has 0 unspecified atom stereocenters. The van der Waals surface area contributed by atoms with Crippen molar-refractivity contribution in [2.75, 3.05) is 6.61 Å². The van der Waals surface area contributed by atoms with E-state index < -0.39 is 0 Å². The molecular formula is C17H19ClN2O2S. The zero-order chi connectivity index (χ0) is 16.8. The lowest BCUT2D eigenvalue weighted by Crippen LogP contribution is -2.25. The van der Waals surface area contributed by atoms with E-state index in [9.17, 15) is 4.79 Å². The first kappa shape index (κ1) is 17.5. The van der Waals surface area contributed by atoms with E-state index in [1.54, 1.807) is 29.5 Å². The van der Waals surface area contributed by atoms with Gasteiger partial charge in [-0.3, -0.25) is 4.79 Å². The fourth-order valence-corrected chi connectivity index (χ4v) is 3.03. The number of thiophene rings is 1. The predicted molar refractivity (Wildman–Crippen MR) is 95.7 cm³/mol. The van der Waals surface area contributed by atoms with Crippen LogP contribution in [0.4, 0.5) is 0 Å². The zero-order valence-corrected chi connectivity index (χ0v) is 14.9. The highest BCUT2D eigenvalue weighted by Gasteiger charge is 2.06. The molecule has 2 aromatic rings. The van der Waals surface area contributed by atoms with Crippen LogP contribution < -0.4 is 10.2 Å². The smallest absolute Gasteiger partial charge is 0.277 e. The van der Waals surface area contributed by atoms with Crippen molar-refractivity contribution in [2.45, 2.75) is 27.2 Å². The molecule has 1 amide bonds. The van der Waals surface area contributed by atoms with Gasteiger partial charge in [0.2, 0.25) is 0 Å². The van der Waals surface area contributed by atoms with E-state index >= 15 is 0 Å². The minimum Gasteiger partial charge on any atom is -0.483 e. The second kappa shape index (κ2) is 8.13. The number of hydrazone groups is 1. The van der Waals surface area contributed by atoms with E-state index in [-0.39, 0.29) is 12.5 Å². The Morgan fingerprint density at radius 2 is 2.13 bits per heavy atom. The Morgan fingerprint density at radius 1 is 1.35 bits per heavy atom. The first-order chi connectivity index (χ1) is 11.0. The largest absolute Gasteiger partial charge is 0.483 e. The van der Waals surface area contributed by atoms with Gasteiger partial charge in [-0.15, -0.1) is 11.3 Å². The number of carbonyl (C=O) groups excluding carboxylic acids is 1. The molecule has 4 nitrogen and oxygen atoms in total. The summed E-state index contributed by atoms with van der Waals surface area (Å²) in [5.41, 5.74) is 4.18. The molecule has 0 fully saturated rings. The van der Waals surface area contributed by atoms with Crippen LogP contribution in [0.2, 0.25) is 5.02 Å². The van der Waals surface area contributed by atoms with E-state index in [2.05, 4.69) is 23.5 Å². The molecule has 0 aliphatic rings. The normalized spacial score (nSPS) is 11.4. The number of ether oxygens (including phenoxy) is 1. The molecule has 1 heterocycles. The van der Waals surface area contributed by atoms with E-state index in [1.807, 2.05) is 19.9 Å². The summed E-state index contributed by atoms with van der Waals surface area (Å²) in [6.45, 7) is 5.77. The molecule has 1 aromatic carbocycles. The average Bonchev–Trinajstić information content (AvgIpc) is 3.01. The summed E-state index contributed by atoms with van der Waals surface area (Å²) >= 11 is 7.56. The third kappa shape index (κ3) is 5.08. The minimum absolute atomic E-state index is 0.0934. The van der Waals surface area contributed by atoms with E-state index in [1.165, 1.54) is 4.88 Å². The van der Waals surface area contributed by atoms with Crippen LogP contribution in [-0.2, 0) is 11.2 Å². The van der Waals surface area contributed by atoms with Crippen molar-refractivity contribution in [2.24, 2.45) is 5.10 Å². The van der Waals surface area contributed by atoms with Crippen LogP contribution in [0.1, 0.15) is 29.2 Å². The number of aryl methyl sites for hydroxylation is 2. The molecular weight excluding hydrogens is 332 g/mol. The average molecular weight is 351 g/mol. The number of nitrogens with zero attached hydrogens (tertiary/aromatic N) is 1. The number of nitrogens with one attached hydrogen (secondary N) is 1. The number of benzene rings is 1. The van der Waals surface area contributed by atoms with Crippen molar-refractivity contribution in [3.05, 3.63) is 50.7 Å². The molecule has 0 aliphatic heterocycles. The maximum absolute atomic E-state index is 11.8. The summed E-state index contributed by atoms with van der Waals surface area (Å²) in [5, 5.41) is 4.76. The van der Waals surface area contributed by atoms with Gasteiger partial charge >= 0.3 is 0 Å². The molecule has 0 spiro atoms. The number of amides is 1. The maximum atomic E-state index is 11.8. The number of carbonyl (C=O) groups is 1. The van der Waals surface area contributed by atoms with Crippen LogP contribution in [0.25, 0.3) is 0 Å². The highest BCUT2D eigenvalue weighted by Crippen LogP contribution is 2.21. The lowest BCUT2D eigenvalue weighted by atomic mass is 10.2. The highest BCUT2D eigenvalue weighted by molar-refractivity contribution is 7.14. The molecule has 0 atom stereocenters. The summed E-state index contributed by atoms with van der Waals surface area (Å²) in [6.07, 6.45) is 0.999. The van der Waals surface area contributed by atoms with Crippen LogP contribution in [0.5, 0.6) is 5.75 Å². The van der Waals surface area contributed by atoms with Crippen LogP contribution in [0.3, 0.4) is 0 Å². The Bertz CT molecular complexity index is 725. The molecule has 23 heavy (non-hydrogen) atoms. The van der Waals surface area contributed by atoms with Crippen molar-refractivity contribution in [1.29, 1.82) is 0 Å². The second-order valence-electron chi connectivity index (χ2n) is 5.05. The summed E-state index contributed by atoms with van der Waals surface area (Å²) in [5.74, 6) is 0.335. The molecule has 0 radical (unpaired) electrons. The Hall–Kier alpha value is -1.85. The van der Waals surface area contributed by atoms with Gasteiger partial charge in [0, 0.05) is 9.90 Å². The molecule has 0 saturated heterocycles. The predicted octanol–water partition coefficient (Wildman–Crippen LogP) is 4.19. The lowest BCUT2D eigenvalue weighted by molar-refractivity contribution is -0.123. The third-order valence-electron chi connectivity index (χ3n) is 3.21. The summed E-state index contributed by atoms with van der Waals surface area (Å²) < 4.78 is 5.48. The molecule has 1 N–H and O–H groups in total. The molecule has 122 valence electrons. The Kier molecular flexibility index (Phi) is 6.19. The number of hydrogen-bond donors (Lipinski definition) is 1. The second-order valence-corrected chi connectivity index (χ2v) is 6.65. The maximum Gasteiger partial charge on any atom is 0.277 e. The van der Waals surface area contributed by atoms with Gasteiger partial charge < -0.3 is 4.74 Å². The zero-order valence-electron chi connectivity index (χ0n) is 13.4. The quantitative estimate of drug-likeness (QED) is 0.627. The fraction of sp³-hybridized carbons (Fsp3) is 0.294. The first-order valence-electron chi connectivity index (χ1n) is 7.30. The number of rotatable bonds is 6. The third-order valence-corrected chi connectivity index (χ3v) is 4.78. The fourth-order valence-electron chi connectivity index (χ4n) is 1.91. The Labute approximate surface area is 145 Å². The monoisotopic (exact) mass is 350 g/mol. The summed E-state index contributed by atoms with van der Waals surface area (Å²) in [7, 11) is 0. The lowest BCUT2D eigenvalue weighted by Gasteiger charge is -2.08. The van der Waals surface area contributed by atoms with Crippen LogP contribution >= 0.6 is 22.9 Å². The van der Waals surface area contributed by atoms with E-state index in [0.717, 1.165) is 22.6 Å². The van der Waals surface area contributed by atoms with Gasteiger partial charge in [-0.05, 0) is 56.2 Å². The minimum atomic E-state index is -0.300. The van der Waals surface area contributed by atoms with Crippen LogP contribution in [-0.4, -0.2) is 18.2 Å². The molecule has 2 rings (SSSR count). The van der Waals surface area contributed by atoms with Gasteiger partial charge in [-0.25, -0.2) is 5.43 Å². The van der Waals surface area contributed by atoms with Gasteiger partial charge in [0.25, 0.3) is 5.91 Å². The van der Waals surface area contributed by atoms with Gasteiger partial charge in [-0.1, -0.05) is 18.5 Å². The Balaban J connectivity index is 1.88. The highest BCUT2D eigenvalue weighted by atomic mass is 35.5. The van der Waals surface area contributed by atoms with Crippen molar-refractivity contribution in [3.63, 3.8) is 0 Å². The van der Waals surface area contributed by atoms with Crippen molar-refractivity contribution in [1.82, 2.24) is 5.43 Å². The van der Waals surface area contributed by atoms with Crippen molar-refractivity contribution in [3.8, 4) is 5.75 Å². The van der Waals surface area contributed by atoms with Gasteiger partial charge in [-0.2, -0.15) is 5.10 Å². The summed E-state index contributed by atoms with van der Waals surface area (Å²) in [4.78, 5) is 14.2. The number of halogens is 1. The standard InChI is InChI=1S/C17H19ClN2O2S/c1-4-14-6-8-16(23-14)12(3)19-20-17(21)10-22-15-7-5-13(18)9-11(15)2/h5-9H,4,10H2,1-3H3,(H,20,21)/b19-12+. The van der Waals surface area contributed by atoms with Crippen LogP contribution in [0.15, 0.2) is 35.4 Å². The van der Waals surface area contributed by atoms with Crippen molar-refractivity contribution < 1.29 is 9.53 Å². The van der Waals surface area contributed by atoms with Gasteiger partial charge in [0.1, 0.15) is 5.75 Å². The molecule has 0 bridgehead atoms. The van der Waals surface area contributed by atoms with E-state index in [4.69, 9.17) is 16.3 Å². The topological polar surface area (TPSA) is 50.7 Å². The molecule has 0 aliphatic carbocycles. The molecule has 0 saturated carbocycles.